The molecule has 0 bridgehead atoms. The summed E-state index contributed by atoms with van der Waals surface area (Å²) in [5, 5.41) is 3.19. The molecular weight excluding hydrogens is 142 g/mol. The summed E-state index contributed by atoms with van der Waals surface area (Å²) in [5.41, 5.74) is 0. The van der Waals surface area contributed by atoms with Crippen LogP contribution in [0.4, 0.5) is 0 Å². The molecule has 0 fully saturated rings. The number of hydrogen-bond acceptors (Lipinski definition) is 1. The summed E-state index contributed by atoms with van der Waals surface area (Å²) in [4.78, 5) is 0.939. The summed E-state index contributed by atoms with van der Waals surface area (Å²) in [7, 11) is 0. The van der Waals surface area contributed by atoms with Crippen LogP contribution in [-0.4, -0.2) is 11.0 Å². The molecule has 1 atom stereocenters. The lowest BCUT2D eigenvalue weighted by molar-refractivity contribution is 0.727. The van der Waals surface area contributed by atoms with Gasteiger partial charge in [0.1, 0.15) is 0 Å². The summed E-state index contributed by atoms with van der Waals surface area (Å²) in [6.45, 7) is 3.66. The van der Waals surface area contributed by atoms with E-state index in [2.05, 4.69) is 24.0 Å². The van der Waals surface area contributed by atoms with Crippen molar-refractivity contribution in [1.82, 2.24) is 5.32 Å². The Morgan fingerprint density at radius 2 is 2.70 bits per heavy atom. The molecule has 1 aliphatic rings. The molecule has 0 radical (unpaired) electrons. The van der Waals surface area contributed by atoms with Gasteiger partial charge in [0.2, 0.25) is 0 Å². The predicted molar refractivity (Wildman–Crippen MR) is 48.1 cm³/mol. The third kappa shape index (κ3) is 1.95. The Morgan fingerprint density at radius 3 is 3.30 bits per heavy atom. The molecule has 54 valence electrons. The maximum atomic E-state index is 5.00. The van der Waals surface area contributed by atoms with Gasteiger partial charge in [0.15, 0.2) is 0 Å². The second kappa shape index (κ2) is 3.52. The highest BCUT2D eigenvalue weighted by Crippen LogP contribution is 2.03. The van der Waals surface area contributed by atoms with Crippen molar-refractivity contribution in [2.75, 3.05) is 0 Å². The van der Waals surface area contributed by atoms with Crippen LogP contribution in [-0.2, 0) is 0 Å². The molecule has 0 aromatic carbocycles. The Labute approximate surface area is 66.8 Å². The summed E-state index contributed by atoms with van der Waals surface area (Å²) in [5.74, 6) is 0. The smallest absolute Gasteiger partial charge is 0.0796 e. The van der Waals surface area contributed by atoms with Crippen molar-refractivity contribution in [2.24, 2.45) is 0 Å². The fourth-order valence-electron chi connectivity index (χ4n) is 0.970. The van der Waals surface area contributed by atoms with Crippen LogP contribution in [0.15, 0.2) is 24.8 Å². The van der Waals surface area contributed by atoms with E-state index < -0.39 is 0 Å². The molecule has 2 heteroatoms. The average Bonchev–Trinajstić information content (AvgIpc) is 1.88. The highest BCUT2D eigenvalue weighted by molar-refractivity contribution is 7.80. The maximum absolute atomic E-state index is 5.00. The quantitative estimate of drug-likeness (QED) is 0.479. The Bertz CT molecular complexity index is 172. The van der Waals surface area contributed by atoms with Gasteiger partial charge in [-0.1, -0.05) is 30.4 Å². The zero-order valence-electron chi connectivity index (χ0n) is 5.84. The van der Waals surface area contributed by atoms with Crippen molar-refractivity contribution in [3.8, 4) is 0 Å². The van der Waals surface area contributed by atoms with Crippen molar-refractivity contribution in [1.29, 1.82) is 0 Å². The molecule has 0 aromatic rings. The van der Waals surface area contributed by atoms with E-state index in [0.29, 0.717) is 6.04 Å². The Kier molecular flexibility index (Phi) is 2.63. The lowest BCUT2D eigenvalue weighted by Crippen LogP contribution is -2.33. The molecule has 0 aromatic heterocycles. The molecule has 1 rings (SSSR count). The zero-order chi connectivity index (χ0) is 7.40. The van der Waals surface area contributed by atoms with E-state index in [4.69, 9.17) is 12.2 Å². The number of hydrogen-bond donors (Lipinski definition) is 1. The van der Waals surface area contributed by atoms with E-state index in [0.717, 1.165) is 17.8 Å². The van der Waals surface area contributed by atoms with Crippen molar-refractivity contribution in [2.45, 2.75) is 18.9 Å². The molecule has 0 amide bonds. The summed E-state index contributed by atoms with van der Waals surface area (Å²) < 4.78 is 0. The van der Waals surface area contributed by atoms with E-state index >= 15 is 0 Å². The first-order chi connectivity index (χ1) is 4.83. The van der Waals surface area contributed by atoms with E-state index in [1.807, 2.05) is 6.08 Å². The fraction of sp³-hybridized carbons (Fsp3) is 0.375. The molecule has 0 aliphatic carbocycles. The highest BCUT2D eigenvalue weighted by atomic mass is 32.1. The zero-order valence-corrected chi connectivity index (χ0v) is 6.66. The minimum absolute atomic E-state index is 0.388. The van der Waals surface area contributed by atoms with Crippen LogP contribution < -0.4 is 5.32 Å². The van der Waals surface area contributed by atoms with E-state index in [1.54, 1.807) is 0 Å². The Balaban J connectivity index is 2.46. The van der Waals surface area contributed by atoms with Gasteiger partial charge in [-0.05, 0) is 6.42 Å². The van der Waals surface area contributed by atoms with Crippen LogP contribution in [0.2, 0.25) is 0 Å². The first-order valence-corrected chi connectivity index (χ1v) is 3.80. The van der Waals surface area contributed by atoms with Crippen LogP contribution in [0.5, 0.6) is 0 Å². The first-order valence-electron chi connectivity index (χ1n) is 3.40. The van der Waals surface area contributed by atoms with Gasteiger partial charge in [0.25, 0.3) is 0 Å². The van der Waals surface area contributed by atoms with Crippen molar-refractivity contribution >= 4 is 17.2 Å². The van der Waals surface area contributed by atoms with Gasteiger partial charge in [0.05, 0.1) is 4.99 Å². The van der Waals surface area contributed by atoms with Crippen molar-refractivity contribution < 1.29 is 0 Å². The molecule has 1 heterocycles. The molecular formula is C8H11NS. The monoisotopic (exact) mass is 153 g/mol. The van der Waals surface area contributed by atoms with Gasteiger partial charge < -0.3 is 5.32 Å². The van der Waals surface area contributed by atoms with Crippen molar-refractivity contribution in [3.63, 3.8) is 0 Å². The molecule has 1 aliphatic heterocycles. The van der Waals surface area contributed by atoms with Crippen LogP contribution >= 0.6 is 12.2 Å². The lowest BCUT2D eigenvalue weighted by atomic mass is 10.1. The lowest BCUT2D eigenvalue weighted by Gasteiger charge is -2.18. The van der Waals surface area contributed by atoms with Gasteiger partial charge in [0, 0.05) is 12.5 Å². The number of thiocarbonyl (C=S) groups is 1. The number of rotatable bonds is 2. The van der Waals surface area contributed by atoms with Gasteiger partial charge in [-0.3, -0.25) is 0 Å². The summed E-state index contributed by atoms with van der Waals surface area (Å²) in [6, 6.07) is 0.388. The molecule has 0 saturated heterocycles. The molecule has 0 saturated carbocycles. The predicted octanol–water partition coefficient (Wildman–Crippen LogP) is 1.81. The highest BCUT2D eigenvalue weighted by Gasteiger charge is 2.07. The molecule has 1 unspecified atom stereocenters. The van der Waals surface area contributed by atoms with Crippen LogP contribution in [0.1, 0.15) is 12.8 Å². The van der Waals surface area contributed by atoms with Gasteiger partial charge in [-0.25, -0.2) is 0 Å². The first kappa shape index (κ1) is 7.48. The van der Waals surface area contributed by atoms with E-state index in [9.17, 15) is 0 Å². The minimum Gasteiger partial charge on any atom is -0.373 e. The summed E-state index contributed by atoms with van der Waals surface area (Å²) >= 11 is 5.00. The Hall–Kier alpha value is -0.630. The maximum Gasteiger partial charge on any atom is 0.0796 e. The van der Waals surface area contributed by atoms with Gasteiger partial charge in [-0.15, -0.1) is 6.58 Å². The number of nitrogens with one attached hydrogen (secondary N) is 1. The largest absolute Gasteiger partial charge is 0.373 e. The van der Waals surface area contributed by atoms with E-state index in [-0.39, 0.29) is 0 Å². The van der Waals surface area contributed by atoms with Crippen LogP contribution in [0, 0.1) is 0 Å². The molecule has 1 nitrogen and oxygen atoms in total. The van der Waals surface area contributed by atoms with Gasteiger partial charge in [-0.2, -0.15) is 0 Å². The Morgan fingerprint density at radius 1 is 1.90 bits per heavy atom. The minimum atomic E-state index is 0.388. The third-order valence-corrected chi connectivity index (χ3v) is 1.72. The van der Waals surface area contributed by atoms with Crippen molar-refractivity contribution in [3.05, 3.63) is 24.8 Å². The SMILES string of the molecule is C=CCC1C=CCC(=S)N1. The second-order valence-electron chi connectivity index (χ2n) is 2.33. The third-order valence-electron chi connectivity index (χ3n) is 1.44. The molecule has 10 heavy (non-hydrogen) atoms. The summed E-state index contributed by atoms with van der Waals surface area (Å²) in [6.07, 6.45) is 7.99. The standard InChI is InChI=1S/C8H11NS/c1-2-4-7-5-3-6-8(10)9-7/h2-3,5,7H,1,4,6H2,(H,9,10). The van der Waals surface area contributed by atoms with E-state index in [1.165, 1.54) is 0 Å². The second-order valence-corrected chi connectivity index (χ2v) is 2.82. The average molecular weight is 153 g/mol. The molecule has 0 spiro atoms. The fourth-order valence-corrected chi connectivity index (χ4v) is 1.22. The topological polar surface area (TPSA) is 12.0 Å². The molecule has 1 N–H and O–H groups in total. The van der Waals surface area contributed by atoms with Crippen LogP contribution in [0.3, 0.4) is 0 Å². The normalized spacial score (nSPS) is 24.0. The van der Waals surface area contributed by atoms with Gasteiger partial charge >= 0.3 is 0 Å². The van der Waals surface area contributed by atoms with Crippen LogP contribution in [0.25, 0.3) is 0 Å².